The van der Waals surface area contributed by atoms with Crippen LogP contribution in [0.1, 0.15) is 10.4 Å². The van der Waals surface area contributed by atoms with Crippen molar-refractivity contribution < 1.29 is 13.9 Å². The SMILES string of the molecule is COc1cc(NC(=O)c2ccn3nccc3c2)ccc1F. The first-order chi connectivity index (χ1) is 10.2. The maximum Gasteiger partial charge on any atom is 0.255 e. The summed E-state index contributed by atoms with van der Waals surface area (Å²) in [5.41, 5.74) is 1.78. The quantitative estimate of drug-likeness (QED) is 0.805. The van der Waals surface area contributed by atoms with E-state index in [0.29, 0.717) is 11.3 Å². The molecule has 1 N–H and O–H groups in total. The zero-order chi connectivity index (χ0) is 14.8. The summed E-state index contributed by atoms with van der Waals surface area (Å²) in [5.74, 6) is -0.678. The number of anilines is 1. The van der Waals surface area contributed by atoms with Gasteiger partial charge in [0.1, 0.15) is 0 Å². The van der Waals surface area contributed by atoms with Crippen LogP contribution in [-0.2, 0) is 0 Å². The van der Waals surface area contributed by atoms with Crippen LogP contribution in [0.15, 0.2) is 48.8 Å². The number of pyridine rings is 1. The van der Waals surface area contributed by atoms with E-state index >= 15 is 0 Å². The fraction of sp³-hybridized carbons (Fsp3) is 0.0667. The Morgan fingerprint density at radius 2 is 2.14 bits per heavy atom. The van der Waals surface area contributed by atoms with Crippen molar-refractivity contribution in [3.8, 4) is 5.75 Å². The monoisotopic (exact) mass is 285 g/mol. The van der Waals surface area contributed by atoms with E-state index < -0.39 is 5.82 Å². The molecule has 2 heterocycles. The lowest BCUT2D eigenvalue weighted by atomic mass is 10.2. The molecule has 0 saturated heterocycles. The molecule has 0 atom stereocenters. The summed E-state index contributed by atoms with van der Waals surface area (Å²) in [6, 6.07) is 9.35. The van der Waals surface area contributed by atoms with Gasteiger partial charge in [-0.05, 0) is 30.3 Å². The fourth-order valence-corrected chi connectivity index (χ4v) is 2.00. The predicted octanol–water partition coefficient (Wildman–Crippen LogP) is 2.73. The molecule has 1 aromatic carbocycles. The van der Waals surface area contributed by atoms with Crippen molar-refractivity contribution in [3.05, 3.63) is 60.2 Å². The molecule has 0 unspecified atom stereocenters. The molecule has 0 aliphatic heterocycles. The van der Waals surface area contributed by atoms with Crippen LogP contribution < -0.4 is 10.1 Å². The number of benzene rings is 1. The highest BCUT2D eigenvalue weighted by molar-refractivity contribution is 6.04. The second-order valence-electron chi connectivity index (χ2n) is 4.42. The molecular weight excluding hydrogens is 273 g/mol. The lowest BCUT2D eigenvalue weighted by molar-refractivity contribution is 0.102. The number of halogens is 1. The molecule has 0 radical (unpaired) electrons. The number of fused-ring (bicyclic) bond motifs is 1. The number of nitrogens with zero attached hydrogens (tertiary/aromatic N) is 2. The minimum atomic E-state index is -0.476. The molecule has 0 saturated carbocycles. The molecule has 106 valence electrons. The van der Waals surface area contributed by atoms with Crippen molar-refractivity contribution in [2.45, 2.75) is 0 Å². The van der Waals surface area contributed by atoms with Gasteiger partial charge in [-0.3, -0.25) is 4.79 Å². The Kier molecular flexibility index (Phi) is 3.27. The standard InChI is InChI=1S/C15H12FN3O2/c1-21-14-9-11(2-3-13(14)16)18-15(20)10-5-7-19-12(8-10)4-6-17-19/h2-9H,1H3,(H,18,20). The molecule has 3 rings (SSSR count). The van der Waals surface area contributed by atoms with E-state index in [9.17, 15) is 9.18 Å². The molecule has 0 fully saturated rings. The summed E-state index contributed by atoms with van der Waals surface area (Å²) < 4.78 is 19.9. The molecule has 3 aromatic rings. The summed E-state index contributed by atoms with van der Waals surface area (Å²) in [7, 11) is 1.37. The topological polar surface area (TPSA) is 55.6 Å². The summed E-state index contributed by atoms with van der Waals surface area (Å²) >= 11 is 0. The van der Waals surface area contributed by atoms with Crippen molar-refractivity contribution in [2.24, 2.45) is 0 Å². The molecule has 0 aliphatic rings. The molecule has 0 spiro atoms. The largest absolute Gasteiger partial charge is 0.494 e. The smallest absolute Gasteiger partial charge is 0.255 e. The Labute approximate surface area is 120 Å². The number of hydrogen-bond donors (Lipinski definition) is 1. The van der Waals surface area contributed by atoms with Crippen molar-refractivity contribution in [1.29, 1.82) is 0 Å². The first-order valence-corrected chi connectivity index (χ1v) is 6.25. The third-order valence-corrected chi connectivity index (χ3v) is 3.07. The second kappa shape index (κ2) is 5.24. The summed E-state index contributed by atoms with van der Waals surface area (Å²) in [5, 5.41) is 6.76. The van der Waals surface area contributed by atoms with E-state index in [4.69, 9.17) is 4.74 Å². The molecule has 1 amide bonds. The van der Waals surface area contributed by atoms with E-state index in [1.165, 1.54) is 25.3 Å². The zero-order valence-corrected chi connectivity index (χ0v) is 11.2. The highest BCUT2D eigenvalue weighted by Crippen LogP contribution is 2.22. The van der Waals surface area contributed by atoms with E-state index in [1.807, 2.05) is 0 Å². The summed E-state index contributed by atoms with van der Waals surface area (Å²) in [4.78, 5) is 12.2. The molecule has 0 bridgehead atoms. The van der Waals surface area contributed by atoms with Gasteiger partial charge in [-0.1, -0.05) is 0 Å². The van der Waals surface area contributed by atoms with Crippen molar-refractivity contribution >= 4 is 17.1 Å². The summed E-state index contributed by atoms with van der Waals surface area (Å²) in [6.07, 6.45) is 3.36. The number of hydrogen-bond acceptors (Lipinski definition) is 3. The van der Waals surface area contributed by atoms with Gasteiger partial charge in [-0.2, -0.15) is 5.10 Å². The van der Waals surface area contributed by atoms with Gasteiger partial charge >= 0.3 is 0 Å². The third kappa shape index (κ3) is 2.55. The van der Waals surface area contributed by atoms with Gasteiger partial charge in [-0.25, -0.2) is 8.91 Å². The molecule has 0 aliphatic carbocycles. The van der Waals surface area contributed by atoms with E-state index in [1.54, 1.807) is 35.1 Å². The average Bonchev–Trinajstić information content (AvgIpc) is 2.96. The van der Waals surface area contributed by atoms with Gasteiger partial charge in [0, 0.05) is 29.7 Å². The van der Waals surface area contributed by atoms with Crippen LogP contribution in [0.2, 0.25) is 0 Å². The van der Waals surface area contributed by atoms with E-state index in [-0.39, 0.29) is 11.7 Å². The minimum Gasteiger partial charge on any atom is -0.494 e. The van der Waals surface area contributed by atoms with Gasteiger partial charge in [0.2, 0.25) is 0 Å². The van der Waals surface area contributed by atoms with Crippen LogP contribution in [0.3, 0.4) is 0 Å². The van der Waals surface area contributed by atoms with Crippen molar-refractivity contribution in [1.82, 2.24) is 9.61 Å². The first kappa shape index (κ1) is 13.1. The number of carbonyl (C=O) groups excluding carboxylic acids is 1. The minimum absolute atomic E-state index is 0.0824. The highest BCUT2D eigenvalue weighted by atomic mass is 19.1. The molecule has 6 heteroatoms. The van der Waals surface area contributed by atoms with Crippen LogP contribution in [-0.4, -0.2) is 22.6 Å². The van der Waals surface area contributed by atoms with Gasteiger partial charge in [0.25, 0.3) is 5.91 Å². The molecule has 5 nitrogen and oxygen atoms in total. The van der Waals surface area contributed by atoms with E-state index in [2.05, 4.69) is 10.4 Å². The Bertz CT molecular complexity index is 814. The lowest BCUT2D eigenvalue weighted by Crippen LogP contribution is -2.12. The number of rotatable bonds is 3. The molecule has 2 aromatic heterocycles. The number of ether oxygens (including phenoxy) is 1. The Morgan fingerprint density at radius 3 is 2.95 bits per heavy atom. The maximum absolute atomic E-state index is 13.3. The highest BCUT2D eigenvalue weighted by Gasteiger charge is 2.09. The predicted molar refractivity (Wildman–Crippen MR) is 76.1 cm³/mol. The van der Waals surface area contributed by atoms with Gasteiger partial charge in [0.05, 0.1) is 12.6 Å². The zero-order valence-electron chi connectivity index (χ0n) is 11.2. The average molecular weight is 285 g/mol. The van der Waals surface area contributed by atoms with E-state index in [0.717, 1.165) is 5.52 Å². The fourth-order valence-electron chi connectivity index (χ4n) is 2.00. The Balaban J connectivity index is 1.85. The molecule has 21 heavy (non-hydrogen) atoms. The van der Waals surface area contributed by atoms with Crippen molar-refractivity contribution in [2.75, 3.05) is 12.4 Å². The lowest BCUT2D eigenvalue weighted by Gasteiger charge is -2.08. The number of aromatic nitrogens is 2. The van der Waals surface area contributed by atoms with Gasteiger partial charge in [0.15, 0.2) is 11.6 Å². The number of methoxy groups -OCH3 is 1. The Hall–Kier alpha value is -2.89. The van der Waals surface area contributed by atoms with Crippen LogP contribution in [0, 0.1) is 5.82 Å². The second-order valence-corrected chi connectivity index (χ2v) is 4.42. The summed E-state index contributed by atoms with van der Waals surface area (Å²) in [6.45, 7) is 0. The maximum atomic E-state index is 13.3. The molecular formula is C15H12FN3O2. The van der Waals surface area contributed by atoms with Crippen LogP contribution in [0.4, 0.5) is 10.1 Å². The van der Waals surface area contributed by atoms with Gasteiger partial charge in [-0.15, -0.1) is 0 Å². The third-order valence-electron chi connectivity index (χ3n) is 3.07. The van der Waals surface area contributed by atoms with Crippen LogP contribution >= 0.6 is 0 Å². The number of nitrogens with one attached hydrogen (secondary N) is 1. The normalized spacial score (nSPS) is 10.6. The number of amides is 1. The van der Waals surface area contributed by atoms with Crippen LogP contribution in [0.5, 0.6) is 5.75 Å². The van der Waals surface area contributed by atoms with Crippen molar-refractivity contribution in [3.63, 3.8) is 0 Å². The number of carbonyl (C=O) groups is 1. The Morgan fingerprint density at radius 1 is 1.29 bits per heavy atom. The van der Waals surface area contributed by atoms with Crippen LogP contribution in [0.25, 0.3) is 5.52 Å². The first-order valence-electron chi connectivity index (χ1n) is 6.25. The van der Waals surface area contributed by atoms with Gasteiger partial charge < -0.3 is 10.1 Å².